The Morgan fingerprint density at radius 3 is 2.52 bits per heavy atom. The van der Waals surface area contributed by atoms with E-state index >= 15 is 0 Å². The molecule has 1 N–H and O–H groups in total. The molecule has 0 atom stereocenters. The molecule has 0 fully saturated rings. The van der Waals surface area contributed by atoms with Crippen LogP contribution < -0.4 is 5.32 Å². The summed E-state index contributed by atoms with van der Waals surface area (Å²) in [6.07, 6.45) is 0. The fourth-order valence-electron chi connectivity index (χ4n) is 2.44. The monoisotopic (exact) mass is 365 g/mol. The topological polar surface area (TPSA) is 94.3 Å². The van der Waals surface area contributed by atoms with Crippen LogP contribution >= 0.6 is 0 Å². The number of carbonyl (C=O) groups is 2. The van der Waals surface area contributed by atoms with Crippen LogP contribution in [0.1, 0.15) is 27.4 Å². The summed E-state index contributed by atoms with van der Waals surface area (Å²) in [6.45, 7) is 3.46. The molecule has 1 amide bonds. The zero-order valence-electron chi connectivity index (χ0n) is 15.1. The maximum atomic E-state index is 12.0. The van der Waals surface area contributed by atoms with Crippen molar-refractivity contribution in [2.24, 2.45) is 0 Å². The lowest BCUT2D eigenvalue weighted by Gasteiger charge is -2.05. The minimum absolute atomic E-state index is 0.155. The molecule has 138 valence electrons. The minimum Gasteiger partial charge on any atom is -0.454 e. The highest BCUT2D eigenvalue weighted by Crippen LogP contribution is 2.19. The quantitative estimate of drug-likeness (QED) is 0.675. The molecule has 2 aromatic carbocycles. The second kappa shape index (κ2) is 8.27. The van der Waals surface area contributed by atoms with Gasteiger partial charge >= 0.3 is 5.97 Å². The van der Waals surface area contributed by atoms with Crippen molar-refractivity contribution < 1.29 is 18.7 Å². The first-order valence-corrected chi connectivity index (χ1v) is 8.41. The van der Waals surface area contributed by atoms with Crippen molar-refractivity contribution in [1.82, 2.24) is 15.5 Å². The van der Waals surface area contributed by atoms with Crippen molar-refractivity contribution in [2.45, 2.75) is 20.5 Å². The zero-order chi connectivity index (χ0) is 19.2. The number of ether oxygens (including phenoxy) is 1. The van der Waals surface area contributed by atoms with Crippen LogP contribution in [0.5, 0.6) is 0 Å². The first-order chi connectivity index (χ1) is 13.0. The average molecular weight is 365 g/mol. The molecule has 0 aliphatic heterocycles. The van der Waals surface area contributed by atoms with Gasteiger partial charge in [0, 0.05) is 11.1 Å². The van der Waals surface area contributed by atoms with Gasteiger partial charge in [-0.05, 0) is 38.1 Å². The number of benzene rings is 2. The van der Waals surface area contributed by atoms with E-state index < -0.39 is 5.97 Å². The summed E-state index contributed by atoms with van der Waals surface area (Å²) in [5.74, 6) is -0.385. The smallest absolute Gasteiger partial charge is 0.325 e. The van der Waals surface area contributed by atoms with Crippen LogP contribution in [-0.2, 0) is 16.1 Å². The molecule has 0 aliphatic carbocycles. The van der Waals surface area contributed by atoms with Gasteiger partial charge in [-0.2, -0.15) is 0 Å². The predicted molar refractivity (Wildman–Crippen MR) is 97.8 cm³/mol. The van der Waals surface area contributed by atoms with Crippen LogP contribution in [0.2, 0.25) is 0 Å². The van der Waals surface area contributed by atoms with Crippen LogP contribution in [0, 0.1) is 13.8 Å². The highest BCUT2D eigenvalue weighted by atomic mass is 16.5. The molecule has 0 spiro atoms. The summed E-state index contributed by atoms with van der Waals surface area (Å²) < 4.78 is 10.6. The van der Waals surface area contributed by atoms with Gasteiger partial charge in [-0.3, -0.25) is 9.59 Å². The third kappa shape index (κ3) is 5.01. The largest absolute Gasteiger partial charge is 0.454 e. The molecule has 7 nitrogen and oxygen atoms in total. The maximum Gasteiger partial charge on any atom is 0.325 e. The zero-order valence-corrected chi connectivity index (χ0v) is 15.1. The Morgan fingerprint density at radius 2 is 1.78 bits per heavy atom. The Hall–Kier alpha value is -3.48. The number of esters is 1. The summed E-state index contributed by atoms with van der Waals surface area (Å²) in [5.41, 5.74) is 3.32. The summed E-state index contributed by atoms with van der Waals surface area (Å²) in [7, 11) is 0. The van der Waals surface area contributed by atoms with Crippen molar-refractivity contribution >= 4 is 11.9 Å². The van der Waals surface area contributed by atoms with Gasteiger partial charge in [-0.1, -0.05) is 35.4 Å². The molecule has 0 saturated carbocycles. The van der Waals surface area contributed by atoms with Crippen LogP contribution in [0.25, 0.3) is 11.5 Å². The third-order valence-electron chi connectivity index (χ3n) is 3.76. The van der Waals surface area contributed by atoms with Crippen molar-refractivity contribution in [3.8, 4) is 11.5 Å². The first kappa shape index (κ1) is 18.3. The van der Waals surface area contributed by atoms with Crippen LogP contribution in [-0.4, -0.2) is 28.6 Å². The summed E-state index contributed by atoms with van der Waals surface area (Å²) in [6, 6.07) is 14.7. The highest BCUT2D eigenvalue weighted by molar-refractivity contribution is 5.96. The molecule has 1 aromatic heterocycles. The lowest BCUT2D eigenvalue weighted by Crippen LogP contribution is -2.30. The number of amides is 1. The Balaban J connectivity index is 1.49. The van der Waals surface area contributed by atoms with Gasteiger partial charge < -0.3 is 14.5 Å². The van der Waals surface area contributed by atoms with Crippen molar-refractivity contribution in [2.75, 3.05) is 6.54 Å². The average Bonchev–Trinajstić information content (AvgIpc) is 3.13. The highest BCUT2D eigenvalue weighted by Gasteiger charge is 2.12. The van der Waals surface area contributed by atoms with Gasteiger partial charge in [0.2, 0.25) is 5.89 Å². The molecule has 0 radical (unpaired) electrons. The first-order valence-electron chi connectivity index (χ1n) is 8.41. The van der Waals surface area contributed by atoms with E-state index in [-0.39, 0.29) is 24.9 Å². The van der Waals surface area contributed by atoms with E-state index in [1.807, 2.05) is 44.2 Å². The van der Waals surface area contributed by atoms with E-state index in [4.69, 9.17) is 9.15 Å². The van der Waals surface area contributed by atoms with Gasteiger partial charge in [0.05, 0.1) is 0 Å². The molecule has 1 heterocycles. The Morgan fingerprint density at radius 1 is 1.04 bits per heavy atom. The lowest BCUT2D eigenvalue weighted by atomic mass is 10.1. The van der Waals surface area contributed by atoms with E-state index in [9.17, 15) is 9.59 Å². The summed E-state index contributed by atoms with van der Waals surface area (Å²) in [4.78, 5) is 23.8. The van der Waals surface area contributed by atoms with E-state index in [2.05, 4.69) is 15.5 Å². The number of nitrogens with zero attached hydrogens (tertiary/aromatic N) is 2. The van der Waals surface area contributed by atoms with Gasteiger partial charge in [0.15, 0.2) is 6.61 Å². The predicted octanol–water partition coefficient (Wildman–Crippen LogP) is 2.83. The van der Waals surface area contributed by atoms with Crippen LogP contribution in [0.15, 0.2) is 52.9 Å². The van der Waals surface area contributed by atoms with Crippen molar-refractivity contribution in [3.05, 3.63) is 71.1 Å². The van der Waals surface area contributed by atoms with Crippen LogP contribution in [0.3, 0.4) is 0 Å². The number of hydrogen-bond donors (Lipinski definition) is 1. The maximum absolute atomic E-state index is 12.0. The summed E-state index contributed by atoms with van der Waals surface area (Å²) >= 11 is 0. The van der Waals surface area contributed by atoms with E-state index in [1.165, 1.54) is 0 Å². The van der Waals surface area contributed by atoms with Gasteiger partial charge in [0.25, 0.3) is 11.8 Å². The van der Waals surface area contributed by atoms with Crippen LogP contribution in [0.4, 0.5) is 0 Å². The van der Waals surface area contributed by atoms with E-state index in [0.29, 0.717) is 11.5 Å². The Kier molecular flexibility index (Phi) is 5.61. The minimum atomic E-state index is -0.591. The van der Waals surface area contributed by atoms with Gasteiger partial charge in [0.1, 0.15) is 6.54 Å². The summed E-state index contributed by atoms with van der Waals surface area (Å²) in [5, 5.41) is 10.3. The molecule has 0 unspecified atom stereocenters. The number of aryl methyl sites for hydroxylation is 2. The molecular formula is C20H19N3O4. The standard InChI is InChI=1S/C20H19N3O4/c1-13-5-3-7-15(9-13)19(25)21-11-18(24)26-12-17-22-23-20(27-17)16-8-4-6-14(2)10-16/h3-10H,11-12H2,1-2H3,(H,21,25). The molecule has 0 aliphatic rings. The number of aromatic nitrogens is 2. The van der Waals surface area contributed by atoms with Gasteiger partial charge in [-0.25, -0.2) is 0 Å². The van der Waals surface area contributed by atoms with Gasteiger partial charge in [-0.15, -0.1) is 10.2 Å². The second-order valence-corrected chi connectivity index (χ2v) is 6.08. The molecule has 0 saturated heterocycles. The molecule has 3 rings (SSSR count). The number of nitrogens with one attached hydrogen (secondary N) is 1. The normalized spacial score (nSPS) is 10.4. The number of carbonyl (C=O) groups excluding carboxylic acids is 2. The van der Waals surface area contributed by atoms with Crippen molar-refractivity contribution in [3.63, 3.8) is 0 Å². The number of rotatable bonds is 6. The lowest BCUT2D eigenvalue weighted by molar-refractivity contribution is -0.144. The second-order valence-electron chi connectivity index (χ2n) is 6.08. The molecule has 0 bridgehead atoms. The Bertz CT molecular complexity index is 965. The molecule has 7 heteroatoms. The SMILES string of the molecule is Cc1cccc(C(=O)NCC(=O)OCc2nnc(-c3cccc(C)c3)o2)c1. The van der Waals surface area contributed by atoms with E-state index in [0.717, 1.165) is 16.7 Å². The van der Waals surface area contributed by atoms with Crippen molar-refractivity contribution in [1.29, 1.82) is 0 Å². The number of hydrogen-bond acceptors (Lipinski definition) is 6. The third-order valence-corrected chi connectivity index (χ3v) is 3.76. The fraction of sp³-hybridized carbons (Fsp3) is 0.200. The molecule has 27 heavy (non-hydrogen) atoms. The Labute approximate surface area is 156 Å². The fourth-order valence-corrected chi connectivity index (χ4v) is 2.44. The molecule has 3 aromatic rings. The van der Waals surface area contributed by atoms with E-state index in [1.54, 1.807) is 18.2 Å². The molecular weight excluding hydrogens is 346 g/mol.